The number of carboxylic acids is 1. The molecule has 29 heavy (non-hydrogen) atoms. The van der Waals surface area contributed by atoms with Crippen LogP contribution in [0.3, 0.4) is 0 Å². The summed E-state index contributed by atoms with van der Waals surface area (Å²) >= 11 is 0. The van der Waals surface area contributed by atoms with E-state index in [9.17, 15) is 9.90 Å². The maximum absolute atomic E-state index is 12.0. The minimum atomic E-state index is -0.915. The maximum Gasteiger partial charge on any atom is 0.335 e. The van der Waals surface area contributed by atoms with Crippen LogP contribution < -0.4 is 0 Å². The van der Waals surface area contributed by atoms with Crippen molar-refractivity contribution in [1.82, 2.24) is 9.97 Å². The molecule has 0 saturated carbocycles. The number of carboxylic acid groups (broad SMARTS) is 1. The van der Waals surface area contributed by atoms with Gasteiger partial charge >= 0.3 is 5.97 Å². The molecule has 4 nitrogen and oxygen atoms in total. The summed E-state index contributed by atoms with van der Waals surface area (Å²) < 4.78 is 0. The van der Waals surface area contributed by atoms with E-state index < -0.39 is 5.97 Å². The van der Waals surface area contributed by atoms with Crippen LogP contribution in [-0.4, -0.2) is 21.0 Å². The highest BCUT2D eigenvalue weighted by Crippen LogP contribution is 2.40. The number of para-hydroxylation sites is 1. The van der Waals surface area contributed by atoms with E-state index in [0.29, 0.717) is 5.56 Å². The first-order valence-corrected chi connectivity index (χ1v) is 9.59. The lowest BCUT2D eigenvalue weighted by Gasteiger charge is -2.19. The second-order valence-corrected chi connectivity index (χ2v) is 7.41. The first-order chi connectivity index (χ1) is 14.1. The highest BCUT2D eigenvalue weighted by atomic mass is 16.4. The largest absolute Gasteiger partial charge is 0.478 e. The quantitative estimate of drug-likeness (QED) is 0.367. The third-order valence-electron chi connectivity index (χ3n) is 5.61. The van der Waals surface area contributed by atoms with Crippen LogP contribution in [0.1, 0.15) is 38.5 Å². The van der Waals surface area contributed by atoms with Crippen molar-refractivity contribution in [3.8, 4) is 0 Å². The van der Waals surface area contributed by atoms with Crippen LogP contribution in [0.5, 0.6) is 0 Å². The molecular weight excluding hydrogens is 360 g/mol. The number of nitrogens with one attached hydrogen (secondary N) is 2. The Hall–Kier alpha value is -3.79. The van der Waals surface area contributed by atoms with E-state index in [2.05, 4.69) is 41.2 Å². The number of H-pyrrole nitrogens is 2. The van der Waals surface area contributed by atoms with Crippen LogP contribution >= 0.6 is 0 Å². The molecule has 4 heteroatoms. The van der Waals surface area contributed by atoms with E-state index in [1.54, 1.807) is 12.1 Å². The summed E-state index contributed by atoms with van der Waals surface area (Å²) in [6.45, 7) is 2.07. The van der Waals surface area contributed by atoms with Crippen LogP contribution in [0.4, 0.5) is 0 Å². The molecule has 0 fully saturated rings. The minimum absolute atomic E-state index is 0.214. The molecule has 1 unspecified atom stereocenters. The number of aryl methyl sites for hydroxylation is 1. The van der Waals surface area contributed by atoms with Gasteiger partial charge in [0.05, 0.1) is 5.56 Å². The predicted octanol–water partition coefficient (Wildman–Crippen LogP) is 5.84. The number of fused-ring (bicyclic) bond motifs is 2. The van der Waals surface area contributed by atoms with Gasteiger partial charge in [-0.15, -0.1) is 0 Å². The third kappa shape index (κ3) is 2.81. The normalized spacial score (nSPS) is 12.4. The monoisotopic (exact) mass is 380 g/mol. The van der Waals surface area contributed by atoms with Gasteiger partial charge in [0, 0.05) is 40.1 Å². The number of hydrogen-bond acceptors (Lipinski definition) is 1. The molecule has 3 N–H and O–H groups in total. The van der Waals surface area contributed by atoms with Gasteiger partial charge in [-0.1, -0.05) is 48.0 Å². The van der Waals surface area contributed by atoms with E-state index in [1.165, 1.54) is 5.56 Å². The smallest absolute Gasteiger partial charge is 0.335 e. The standard InChI is InChI=1S/C25H20N2O2/c1-15-10-11-23-19(12-15)21(14-27-23)24(17-7-2-3-8-18(17)25(28)29)20-13-26-22-9-5-4-6-16(20)22/h2-14,24,26-27H,1H3,(H,28,29). The first-order valence-electron chi connectivity index (χ1n) is 9.59. The highest BCUT2D eigenvalue weighted by Gasteiger charge is 2.26. The molecule has 2 heterocycles. The summed E-state index contributed by atoms with van der Waals surface area (Å²) in [5.41, 5.74) is 6.50. The van der Waals surface area contributed by atoms with E-state index in [1.807, 2.05) is 42.7 Å². The van der Waals surface area contributed by atoms with Crippen molar-refractivity contribution in [1.29, 1.82) is 0 Å². The Bertz CT molecular complexity index is 1360. The van der Waals surface area contributed by atoms with Crippen LogP contribution in [0, 0.1) is 6.92 Å². The van der Waals surface area contributed by atoms with Crippen LogP contribution in [0.2, 0.25) is 0 Å². The average Bonchev–Trinajstić information content (AvgIpc) is 3.34. The summed E-state index contributed by atoms with van der Waals surface area (Å²) in [5.74, 6) is -1.13. The van der Waals surface area contributed by atoms with E-state index >= 15 is 0 Å². The SMILES string of the molecule is Cc1ccc2[nH]cc(C(c3ccccc3C(=O)O)c3c[nH]c4ccccc34)c2c1. The average molecular weight is 380 g/mol. The lowest BCUT2D eigenvalue weighted by Crippen LogP contribution is -2.09. The Morgan fingerprint density at radius 3 is 2.24 bits per heavy atom. The number of aromatic carboxylic acids is 1. The zero-order valence-corrected chi connectivity index (χ0v) is 15.9. The highest BCUT2D eigenvalue weighted by molar-refractivity contribution is 5.93. The van der Waals surface area contributed by atoms with Gasteiger partial charge in [0.25, 0.3) is 0 Å². The molecule has 142 valence electrons. The number of benzene rings is 3. The molecule has 0 aliphatic rings. The molecule has 0 spiro atoms. The fourth-order valence-electron chi connectivity index (χ4n) is 4.27. The lowest BCUT2D eigenvalue weighted by molar-refractivity contribution is 0.0695. The van der Waals surface area contributed by atoms with Crippen LogP contribution in [0.15, 0.2) is 79.1 Å². The molecule has 2 aromatic heterocycles. The Kier molecular flexibility index (Phi) is 3.98. The second-order valence-electron chi connectivity index (χ2n) is 7.41. The summed E-state index contributed by atoms with van der Waals surface area (Å²) in [4.78, 5) is 18.7. The Balaban J connectivity index is 1.85. The number of aromatic nitrogens is 2. The van der Waals surface area contributed by atoms with Gasteiger partial charge in [0.2, 0.25) is 0 Å². The van der Waals surface area contributed by atoms with E-state index in [-0.39, 0.29) is 5.92 Å². The predicted molar refractivity (Wildman–Crippen MR) is 116 cm³/mol. The van der Waals surface area contributed by atoms with Crippen LogP contribution in [0.25, 0.3) is 21.8 Å². The molecule has 0 radical (unpaired) electrons. The molecule has 0 aliphatic heterocycles. The van der Waals surface area contributed by atoms with Gasteiger partial charge in [-0.25, -0.2) is 4.79 Å². The molecule has 0 amide bonds. The van der Waals surface area contributed by atoms with Crippen molar-refractivity contribution in [2.75, 3.05) is 0 Å². The fourth-order valence-corrected chi connectivity index (χ4v) is 4.27. The Morgan fingerprint density at radius 1 is 0.793 bits per heavy atom. The van der Waals surface area contributed by atoms with Crippen molar-refractivity contribution in [3.63, 3.8) is 0 Å². The summed E-state index contributed by atoms with van der Waals surface area (Å²) in [7, 11) is 0. The van der Waals surface area contributed by atoms with Crippen molar-refractivity contribution < 1.29 is 9.90 Å². The van der Waals surface area contributed by atoms with Gasteiger partial charge in [-0.2, -0.15) is 0 Å². The van der Waals surface area contributed by atoms with Crippen molar-refractivity contribution in [3.05, 3.63) is 107 Å². The van der Waals surface area contributed by atoms with Gasteiger partial charge in [-0.3, -0.25) is 0 Å². The molecular formula is C25H20N2O2. The second kappa shape index (κ2) is 6.67. The van der Waals surface area contributed by atoms with Crippen molar-refractivity contribution in [2.45, 2.75) is 12.8 Å². The van der Waals surface area contributed by atoms with E-state index in [0.717, 1.165) is 38.5 Å². The molecule has 0 bridgehead atoms. The van der Waals surface area contributed by atoms with Crippen molar-refractivity contribution >= 4 is 27.8 Å². The van der Waals surface area contributed by atoms with E-state index in [4.69, 9.17) is 0 Å². The number of aromatic amines is 2. The number of rotatable bonds is 4. The number of hydrogen-bond donors (Lipinski definition) is 3. The summed E-state index contributed by atoms with van der Waals surface area (Å²) in [6, 6.07) is 21.7. The number of carbonyl (C=O) groups is 1. The Morgan fingerprint density at radius 2 is 1.45 bits per heavy atom. The van der Waals surface area contributed by atoms with Gasteiger partial charge in [0.15, 0.2) is 0 Å². The Labute approximate surface area is 167 Å². The topological polar surface area (TPSA) is 68.9 Å². The molecule has 5 rings (SSSR count). The molecule has 1 atom stereocenters. The van der Waals surface area contributed by atoms with Gasteiger partial charge < -0.3 is 15.1 Å². The van der Waals surface area contributed by atoms with Gasteiger partial charge in [0.1, 0.15) is 0 Å². The third-order valence-corrected chi connectivity index (χ3v) is 5.61. The van der Waals surface area contributed by atoms with Gasteiger partial charge in [-0.05, 0) is 47.9 Å². The lowest BCUT2D eigenvalue weighted by atomic mass is 9.82. The molecule has 5 aromatic rings. The zero-order valence-electron chi connectivity index (χ0n) is 15.9. The molecule has 0 aliphatic carbocycles. The van der Waals surface area contributed by atoms with Crippen molar-refractivity contribution in [2.24, 2.45) is 0 Å². The summed E-state index contributed by atoms with van der Waals surface area (Å²) in [5, 5.41) is 12.1. The molecule has 3 aromatic carbocycles. The summed E-state index contributed by atoms with van der Waals surface area (Å²) in [6.07, 6.45) is 4.01. The zero-order chi connectivity index (χ0) is 20.0. The minimum Gasteiger partial charge on any atom is -0.478 e. The fraction of sp³-hybridized carbons (Fsp3) is 0.0800. The molecule has 0 saturated heterocycles. The first kappa shape index (κ1) is 17.3. The maximum atomic E-state index is 12.0. The van der Waals surface area contributed by atoms with Crippen LogP contribution in [-0.2, 0) is 0 Å².